The van der Waals surface area contributed by atoms with Crippen LogP contribution >= 0.6 is 12.6 Å². The number of rotatable bonds is 20. The van der Waals surface area contributed by atoms with Gasteiger partial charge < -0.3 is 55.5 Å². The van der Waals surface area contributed by atoms with Crippen molar-refractivity contribution in [1.29, 1.82) is 0 Å². The van der Waals surface area contributed by atoms with Gasteiger partial charge in [-0.05, 0) is 45.1 Å². The second kappa shape index (κ2) is 19.8. The summed E-state index contributed by atoms with van der Waals surface area (Å²) in [6, 6.07) is -4.32. The van der Waals surface area contributed by atoms with Crippen molar-refractivity contribution in [2.45, 2.75) is 69.1 Å². The van der Waals surface area contributed by atoms with E-state index in [2.05, 4.69) is 38.6 Å². The van der Waals surface area contributed by atoms with Gasteiger partial charge in [-0.15, -0.1) is 0 Å². The Labute approximate surface area is 227 Å². The Balaban J connectivity index is 5.30. The van der Waals surface area contributed by atoms with Crippen LogP contribution in [0.5, 0.6) is 0 Å². The maximum atomic E-state index is 13.0. The van der Waals surface area contributed by atoms with Crippen molar-refractivity contribution in [3.05, 3.63) is 0 Å². The van der Waals surface area contributed by atoms with E-state index in [0.717, 1.165) is 0 Å². The second-order valence-corrected chi connectivity index (χ2v) is 8.86. The maximum absolute atomic E-state index is 13.0. The monoisotopic (exact) mass is 561 g/mol. The SMILES string of the molecule is NCCCCC(N)C(=O)NC(CCCN=C(N)N)C(=O)NC(CS)C(=O)NC(CCCN=C(N)N)C(=O)O. The van der Waals surface area contributed by atoms with Crippen LogP contribution in [-0.4, -0.2) is 90.3 Å². The molecule has 0 saturated carbocycles. The average molecular weight is 562 g/mol. The predicted octanol–water partition coefficient (Wildman–Crippen LogP) is -3.98. The number of carbonyl (C=O) groups is 4. The summed E-state index contributed by atoms with van der Waals surface area (Å²) in [6.45, 7) is 0.863. The van der Waals surface area contributed by atoms with Gasteiger partial charge in [0, 0.05) is 18.8 Å². The van der Waals surface area contributed by atoms with Crippen LogP contribution < -0.4 is 50.4 Å². The molecular formula is C21H43N11O5S. The Kier molecular flexibility index (Phi) is 18.0. The summed E-state index contributed by atoms with van der Waals surface area (Å²) in [6.07, 6.45) is 2.56. The van der Waals surface area contributed by atoms with Gasteiger partial charge in [0.05, 0.1) is 6.04 Å². The summed E-state index contributed by atoms with van der Waals surface area (Å²) >= 11 is 4.11. The summed E-state index contributed by atoms with van der Waals surface area (Å²) in [5.41, 5.74) is 32.5. The van der Waals surface area contributed by atoms with Gasteiger partial charge >= 0.3 is 5.97 Å². The van der Waals surface area contributed by atoms with E-state index in [1.54, 1.807) is 0 Å². The number of nitrogens with two attached hydrogens (primary N) is 6. The maximum Gasteiger partial charge on any atom is 0.326 e. The molecule has 0 aromatic rings. The van der Waals surface area contributed by atoms with Gasteiger partial charge in [0.25, 0.3) is 0 Å². The van der Waals surface area contributed by atoms with Crippen LogP contribution in [0.1, 0.15) is 44.9 Å². The van der Waals surface area contributed by atoms with Crippen LogP contribution in [0.3, 0.4) is 0 Å². The molecule has 0 aromatic carbocycles. The van der Waals surface area contributed by atoms with Gasteiger partial charge in [-0.25, -0.2) is 4.79 Å². The highest BCUT2D eigenvalue weighted by Crippen LogP contribution is 2.05. The lowest BCUT2D eigenvalue weighted by Gasteiger charge is -2.24. The van der Waals surface area contributed by atoms with Crippen molar-refractivity contribution in [3.8, 4) is 0 Å². The largest absolute Gasteiger partial charge is 0.480 e. The van der Waals surface area contributed by atoms with E-state index >= 15 is 0 Å². The fourth-order valence-electron chi connectivity index (χ4n) is 3.19. The fraction of sp³-hybridized carbons (Fsp3) is 0.714. The van der Waals surface area contributed by atoms with Crippen molar-refractivity contribution < 1.29 is 24.3 Å². The zero-order valence-electron chi connectivity index (χ0n) is 21.5. The number of aliphatic imine (C=N–C) groups is 2. The number of unbranched alkanes of at least 4 members (excludes halogenated alkanes) is 1. The average Bonchev–Trinajstić information content (AvgIpc) is 2.85. The first kappa shape index (κ1) is 34.7. The van der Waals surface area contributed by atoms with Crippen LogP contribution in [0.2, 0.25) is 0 Å². The van der Waals surface area contributed by atoms with Gasteiger partial charge in [-0.2, -0.15) is 12.6 Å². The van der Waals surface area contributed by atoms with E-state index in [-0.39, 0.29) is 43.6 Å². The zero-order valence-corrected chi connectivity index (χ0v) is 22.4. The van der Waals surface area contributed by atoms with Gasteiger partial charge in [0.2, 0.25) is 17.7 Å². The molecule has 16 N–H and O–H groups in total. The van der Waals surface area contributed by atoms with Crippen molar-refractivity contribution >= 4 is 48.2 Å². The van der Waals surface area contributed by atoms with Crippen LogP contribution in [0.15, 0.2) is 9.98 Å². The van der Waals surface area contributed by atoms with Crippen molar-refractivity contribution in [1.82, 2.24) is 16.0 Å². The Morgan fingerprint density at radius 1 is 0.711 bits per heavy atom. The highest BCUT2D eigenvalue weighted by Gasteiger charge is 2.29. The lowest BCUT2D eigenvalue weighted by atomic mass is 10.1. The molecule has 0 rings (SSSR count). The summed E-state index contributed by atoms with van der Waals surface area (Å²) in [5.74, 6) is -3.61. The van der Waals surface area contributed by atoms with E-state index in [1.807, 2.05) is 0 Å². The third-order valence-electron chi connectivity index (χ3n) is 5.26. The predicted molar refractivity (Wildman–Crippen MR) is 148 cm³/mol. The molecule has 0 fully saturated rings. The number of nitrogens with one attached hydrogen (secondary N) is 3. The third kappa shape index (κ3) is 15.7. The Morgan fingerprint density at radius 3 is 1.66 bits per heavy atom. The first-order chi connectivity index (χ1) is 17.9. The molecule has 4 atom stereocenters. The Morgan fingerprint density at radius 2 is 1.18 bits per heavy atom. The number of carboxylic acids is 1. The molecular weight excluding hydrogens is 518 g/mol. The third-order valence-corrected chi connectivity index (χ3v) is 5.62. The molecule has 17 heteroatoms. The number of carboxylic acid groups (broad SMARTS) is 1. The van der Waals surface area contributed by atoms with Gasteiger partial charge in [-0.1, -0.05) is 6.42 Å². The summed E-state index contributed by atoms with van der Waals surface area (Å²) in [5, 5.41) is 16.9. The number of amides is 3. The minimum atomic E-state index is -1.26. The van der Waals surface area contributed by atoms with Gasteiger partial charge in [0.1, 0.15) is 18.1 Å². The molecule has 0 aromatic heterocycles. The topological polar surface area (TPSA) is 305 Å². The van der Waals surface area contributed by atoms with Crippen molar-refractivity contribution in [2.75, 3.05) is 25.4 Å². The number of nitrogens with zero attached hydrogens (tertiary/aromatic N) is 2. The number of aliphatic carboxylic acids is 1. The molecule has 4 unspecified atom stereocenters. The zero-order chi connectivity index (χ0) is 29.1. The lowest BCUT2D eigenvalue weighted by Crippen LogP contribution is -2.57. The van der Waals surface area contributed by atoms with Crippen LogP contribution in [0, 0.1) is 0 Å². The highest BCUT2D eigenvalue weighted by molar-refractivity contribution is 7.80. The summed E-state index contributed by atoms with van der Waals surface area (Å²) in [7, 11) is 0. The molecule has 0 spiro atoms. The molecule has 0 heterocycles. The summed E-state index contributed by atoms with van der Waals surface area (Å²) in [4.78, 5) is 57.5. The molecule has 0 aliphatic rings. The molecule has 3 amide bonds. The molecule has 0 bridgehead atoms. The first-order valence-electron chi connectivity index (χ1n) is 12.2. The molecule has 0 aliphatic carbocycles. The van der Waals surface area contributed by atoms with Gasteiger partial charge in [0.15, 0.2) is 11.9 Å². The van der Waals surface area contributed by atoms with Crippen molar-refractivity contribution in [3.63, 3.8) is 0 Å². The fourth-order valence-corrected chi connectivity index (χ4v) is 3.45. The first-order valence-corrected chi connectivity index (χ1v) is 12.9. The molecule has 0 radical (unpaired) electrons. The van der Waals surface area contributed by atoms with E-state index in [9.17, 15) is 24.3 Å². The van der Waals surface area contributed by atoms with E-state index in [0.29, 0.717) is 38.6 Å². The number of hydrogen-bond acceptors (Lipinski definition) is 9. The van der Waals surface area contributed by atoms with Gasteiger partial charge in [-0.3, -0.25) is 24.4 Å². The van der Waals surface area contributed by atoms with Crippen LogP contribution in [0.25, 0.3) is 0 Å². The van der Waals surface area contributed by atoms with E-state index in [1.165, 1.54) is 0 Å². The Bertz CT molecular complexity index is 819. The molecule has 16 nitrogen and oxygen atoms in total. The number of thiol groups is 1. The number of carbonyl (C=O) groups excluding carboxylic acids is 3. The quantitative estimate of drug-likeness (QED) is 0.0294. The lowest BCUT2D eigenvalue weighted by molar-refractivity contribution is -0.142. The van der Waals surface area contributed by atoms with Crippen molar-refractivity contribution in [2.24, 2.45) is 44.4 Å². The minimum Gasteiger partial charge on any atom is -0.480 e. The Hall–Kier alpha value is -3.31. The number of guanidine groups is 2. The minimum absolute atomic E-state index is 0.0522. The highest BCUT2D eigenvalue weighted by atomic mass is 32.1. The van der Waals surface area contributed by atoms with E-state index < -0.39 is 47.9 Å². The van der Waals surface area contributed by atoms with Crippen LogP contribution in [0.4, 0.5) is 0 Å². The molecule has 0 aliphatic heterocycles. The standard InChI is InChI=1S/C21H43N11O5S/c22-8-2-1-5-12(23)16(33)30-13(6-3-9-28-20(24)25)17(34)32-15(11-38)18(35)31-14(19(36)37)7-4-10-29-21(26)27/h12-15,38H,1-11,22-23H2,(H,30,33)(H,31,35)(H,32,34)(H,36,37)(H4,24,25,28)(H4,26,27,29). The molecule has 218 valence electrons. The molecule has 38 heavy (non-hydrogen) atoms. The van der Waals surface area contributed by atoms with Crippen LogP contribution in [-0.2, 0) is 19.2 Å². The summed E-state index contributed by atoms with van der Waals surface area (Å²) < 4.78 is 0. The molecule has 0 saturated heterocycles. The number of hydrogen-bond donors (Lipinski definition) is 11. The second-order valence-electron chi connectivity index (χ2n) is 8.49. The van der Waals surface area contributed by atoms with E-state index in [4.69, 9.17) is 34.4 Å². The normalized spacial score (nSPS) is 13.8. The smallest absolute Gasteiger partial charge is 0.326 e.